The van der Waals surface area contributed by atoms with Gasteiger partial charge in [0.05, 0.1) is 11.6 Å². The van der Waals surface area contributed by atoms with E-state index in [0.29, 0.717) is 6.42 Å². The average molecular weight is 234 g/mol. The number of likely N-dealkylation sites (N-methyl/N-ethyl adjacent to an activating group) is 1. The summed E-state index contributed by atoms with van der Waals surface area (Å²) in [5.74, 6) is -0.990. The number of amides is 1. The predicted octanol–water partition coefficient (Wildman–Crippen LogP) is 0.615. The molecule has 1 saturated heterocycles. The van der Waals surface area contributed by atoms with Crippen LogP contribution < -0.4 is 5.73 Å². The molecule has 0 saturated carbocycles. The van der Waals surface area contributed by atoms with Gasteiger partial charge in [0.15, 0.2) is 0 Å². The van der Waals surface area contributed by atoms with Gasteiger partial charge in [-0.2, -0.15) is 0 Å². The number of carboxylic acid groups (broad SMARTS) is 1. The highest BCUT2D eigenvalue weighted by atomic mass is 16.4. The van der Waals surface area contributed by atoms with Crippen LogP contribution in [-0.2, 0) is 4.79 Å². The fourth-order valence-electron chi connectivity index (χ4n) is 2.23. The molecule has 2 rings (SSSR count). The van der Waals surface area contributed by atoms with Gasteiger partial charge in [0, 0.05) is 19.5 Å². The van der Waals surface area contributed by atoms with E-state index in [4.69, 9.17) is 10.8 Å². The number of carboxylic acids is 1. The van der Waals surface area contributed by atoms with Gasteiger partial charge in [-0.1, -0.05) is 12.1 Å². The SMILES string of the molecule is CN1C(=O)C[C@H](N)[C@H]1c1cccc(C(=O)O)c1. The Morgan fingerprint density at radius 2 is 2.24 bits per heavy atom. The molecule has 1 aromatic carbocycles. The maximum Gasteiger partial charge on any atom is 0.335 e. The lowest BCUT2D eigenvalue weighted by molar-refractivity contribution is -0.127. The molecule has 1 amide bonds. The fourth-order valence-corrected chi connectivity index (χ4v) is 2.23. The Bertz CT molecular complexity index is 473. The van der Waals surface area contributed by atoms with Gasteiger partial charge in [0.1, 0.15) is 0 Å². The molecule has 2 atom stereocenters. The van der Waals surface area contributed by atoms with Gasteiger partial charge in [-0.25, -0.2) is 4.79 Å². The Hall–Kier alpha value is -1.88. The third-order valence-electron chi connectivity index (χ3n) is 3.10. The van der Waals surface area contributed by atoms with E-state index >= 15 is 0 Å². The van der Waals surface area contributed by atoms with Crippen LogP contribution in [0.2, 0.25) is 0 Å². The molecular formula is C12H14N2O3. The minimum absolute atomic E-state index is 0.0109. The Kier molecular flexibility index (Phi) is 2.85. The number of nitrogens with zero attached hydrogens (tertiary/aromatic N) is 1. The molecule has 1 aliphatic rings. The van der Waals surface area contributed by atoms with Gasteiger partial charge in [-0.15, -0.1) is 0 Å². The number of benzene rings is 1. The van der Waals surface area contributed by atoms with Crippen molar-refractivity contribution in [3.63, 3.8) is 0 Å². The highest BCUT2D eigenvalue weighted by molar-refractivity contribution is 5.88. The lowest BCUT2D eigenvalue weighted by Gasteiger charge is -2.23. The number of rotatable bonds is 2. The Balaban J connectivity index is 2.37. The molecule has 0 aliphatic carbocycles. The van der Waals surface area contributed by atoms with E-state index in [1.807, 2.05) is 0 Å². The Morgan fingerprint density at radius 3 is 2.76 bits per heavy atom. The number of hydrogen-bond donors (Lipinski definition) is 2. The van der Waals surface area contributed by atoms with Gasteiger partial charge in [-0.3, -0.25) is 4.79 Å². The summed E-state index contributed by atoms with van der Waals surface area (Å²) >= 11 is 0. The van der Waals surface area contributed by atoms with Crippen molar-refractivity contribution in [3.05, 3.63) is 35.4 Å². The van der Waals surface area contributed by atoms with Crippen molar-refractivity contribution in [3.8, 4) is 0 Å². The van der Waals surface area contributed by atoms with E-state index in [1.165, 1.54) is 6.07 Å². The standard InChI is InChI=1S/C12H14N2O3/c1-14-10(15)6-9(13)11(14)7-3-2-4-8(5-7)12(16)17/h2-5,9,11H,6,13H2,1H3,(H,16,17)/t9-,11+/m0/s1. The molecule has 1 aromatic rings. The van der Waals surface area contributed by atoms with Crippen molar-refractivity contribution in [2.45, 2.75) is 18.5 Å². The molecule has 0 bridgehead atoms. The van der Waals surface area contributed by atoms with Crippen LogP contribution in [0.25, 0.3) is 0 Å². The zero-order valence-corrected chi connectivity index (χ0v) is 9.46. The molecule has 3 N–H and O–H groups in total. The summed E-state index contributed by atoms with van der Waals surface area (Å²) in [6.07, 6.45) is 0.304. The molecule has 0 aromatic heterocycles. The second kappa shape index (κ2) is 4.18. The van der Waals surface area contributed by atoms with E-state index in [2.05, 4.69) is 0 Å². The molecule has 1 fully saturated rings. The lowest BCUT2D eigenvalue weighted by atomic mass is 9.99. The highest BCUT2D eigenvalue weighted by Crippen LogP contribution is 2.30. The van der Waals surface area contributed by atoms with Crippen LogP contribution in [0.15, 0.2) is 24.3 Å². The number of aromatic carboxylic acids is 1. The van der Waals surface area contributed by atoms with E-state index in [0.717, 1.165) is 5.56 Å². The first-order valence-corrected chi connectivity index (χ1v) is 5.35. The van der Waals surface area contributed by atoms with E-state index in [9.17, 15) is 9.59 Å². The minimum atomic E-state index is -0.979. The van der Waals surface area contributed by atoms with Crippen LogP contribution in [0.5, 0.6) is 0 Å². The van der Waals surface area contributed by atoms with E-state index in [1.54, 1.807) is 30.1 Å². The molecular weight excluding hydrogens is 220 g/mol. The fraction of sp³-hybridized carbons (Fsp3) is 0.333. The van der Waals surface area contributed by atoms with Crippen LogP contribution in [0.1, 0.15) is 28.4 Å². The molecule has 5 nitrogen and oxygen atoms in total. The van der Waals surface area contributed by atoms with Crippen molar-refractivity contribution in [2.75, 3.05) is 7.05 Å². The summed E-state index contributed by atoms with van der Waals surface area (Å²) < 4.78 is 0. The number of hydrogen-bond acceptors (Lipinski definition) is 3. The predicted molar refractivity (Wildman–Crippen MR) is 61.5 cm³/mol. The van der Waals surface area contributed by atoms with Gasteiger partial charge >= 0.3 is 5.97 Å². The second-order valence-corrected chi connectivity index (χ2v) is 4.25. The summed E-state index contributed by atoms with van der Waals surface area (Å²) in [4.78, 5) is 24.0. The molecule has 5 heteroatoms. The molecule has 0 spiro atoms. The number of likely N-dealkylation sites (tertiary alicyclic amines) is 1. The van der Waals surface area contributed by atoms with Crippen LogP contribution in [0.4, 0.5) is 0 Å². The number of carbonyl (C=O) groups is 2. The maximum atomic E-state index is 11.5. The summed E-state index contributed by atoms with van der Waals surface area (Å²) in [6, 6.07) is 6.04. The first-order chi connectivity index (χ1) is 8.00. The van der Waals surface area contributed by atoms with Crippen molar-refractivity contribution >= 4 is 11.9 Å². The summed E-state index contributed by atoms with van der Waals surface area (Å²) in [5.41, 5.74) is 6.89. The van der Waals surface area contributed by atoms with Gasteiger partial charge < -0.3 is 15.7 Å². The molecule has 90 valence electrons. The molecule has 0 radical (unpaired) electrons. The van der Waals surface area contributed by atoms with Crippen molar-refractivity contribution in [1.82, 2.24) is 4.90 Å². The number of nitrogens with two attached hydrogens (primary N) is 1. The first kappa shape index (κ1) is 11.6. The quantitative estimate of drug-likeness (QED) is 0.785. The topological polar surface area (TPSA) is 83.6 Å². The van der Waals surface area contributed by atoms with E-state index < -0.39 is 5.97 Å². The highest BCUT2D eigenvalue weighted by Gasteiger charge is 2.36. The van der Waals surface area contributed by atoms with Gasteiger partial charge in [-0.05, 0) is 17.7 Å². The zero-order valence-electron chi connectivity index (χ0n) is 9.46. The van der Waals surface area contributed by atoms with E-state index in [-0.39, 0.29) is 23.6 Å². The van der Waals surface area contributed by atoms with Crippen molar-refractivity contribution in [1.29, 1.82) is 0 Å². The monoisotopic (exact) mass is 234 g/mol. The van der Waals surface area contributed by atoms with Crippen molar-refractivity contribution < 1.29 is 14.7 Å². The molecule has 1 aliphatic heterocycles. The van der Waals surface area contributed by atoms with Crippen LogP contribution in [0, 0.1) is 0 Å². The lowest BCUT2D eigenvalue weighted by Crippen LogP contribution is -2.30. The third-order valence-corrected chi connectivity index (χ3v) is 3.10. The smallest absolute Gasteiger partial charge is 0.335 e. The molecule has 17 heavy (non-hydrogen) atoms. The number of carbonyl (C=O) groups excluding carboxylic acids is 1. The van der Waals surface area contributed by atoms with Crippen LogP contribution in [0.3, 0.4) is 0 Å². The third kappa shape index (κ3) is 2.01. The summed E-state index contributed by atoms with van der Waals surface area (Å²) in [6.45, 7) is 0. The maximum absolute atomic E-state index is 11.5. The van der Waals surface area contributed by atoms with Crippen LogP contribution >= 0.6 is 0 Å². The first-order valence-electron chi connectivity index (χ1n) is 5.35. The van der Waals surface area contributed by atoms with Gasteiger partial charge in [0.25, 0.3) is 0 Å². The Labute approximate surface area is 98.8 Å². The van der Waals surface area contributed by atoms with Gasteiger partial charge in [0.2, 0.25) is 5.91 Å². The van der Waals surface area contributed by atoms with Crippen molar-refractivity contribution in [2.24, 2.45) is 5.73 Å². The average Bonchev–Trinajstić information content (AvgIpc) is 2.53. The zero-order chi connectivity index (χ0) is 12.6. The largest absolute Gasteiger partial charge is 0.478 e. The Morgan fingerprint density at radius 1 is 1.53 bits per heavy atom. The summed E-state index contributed by atoms with van der Waals surface area (Å²) in [7, 11) is 1.69. The second-order valence-electron chi connectivity index (χ2n) is 4.25. The molecule has 0 unspecified atom stereocenters. The minimum Gasteiger partial charge on any atom is -0.478 e. The normalized spacial score (nSPS) is 24.1. The van der Waals surface area contributed by atoms with Crippen LogP contribution in [-0.4, -0.2) is 35.0 Å². The molecule has 1 heterocycles. The summed E-state index contributed by atoms with van der Waals surface area (Å²) in [5, 5.41) is 8.92.